The van der Waals surface area contributed by atoms with Crippen LogP contribution in [0.15, 0.2) is 134 Å². The van der Waals surface area contributed by atoms with Crippen molar-refractivity contribution < 1.29 is 28.6 Å². The van der Waals surface area contributed by atoms with Crippen molar-refractivity contribution in [3.8, 4) is 0 Å². The van der Waals surface area contributed by atoms with Gasteiger partial charge in [-0.05, 0) is 122 Å². The van der Waals surface area contributed by atoms with Gasteiger partial charge >= 0.3 is 17.9 Å². The molecule has 0 heterocycles. The Morgan fingerprint density at radius 2 is 0.623 bits per heavy atom. The minimum Gasteiger partial charge on any atom is -0.462 e. The van der Waals surface area contributed by atoms with Crippen LogP contribution in [0.5, 0.6) is 0 Å². The number of hydrogen-bond donors (Lipinski definition) is 0. The Hall–Kier alpha value is -4.45. The van der Waals surface area contributed by atoms with Crippen LogP contribution in [0.2, 0.25) is 0 Å². The zero-order valence-electron chi connectivity index (χ0n) is 44.3. The van der Waals surface area contributed by atoms with Gasteiger partial charge in [0.2, 0.25) is 0 Å². The smallest absolute Gasteiger partial charge is 0.306 e. The summed E-state index contributed by atoms with van der Waals surface area (Å²) in [6.45, 7) is 6.33. The molecule has 0 aromatic carbocycles. The predicted octanol–water partition coefficient (Wildman–Crippen LogP) is 18.6. The molecule has 0 N–H and O–H groups in total. The molecule has 0 spiro atoms. The van der Waals surface area contributed by atoms with E-state index in [0.717, 1.165) is 135 Å². The van der Waals surface area contributed by atoms with Crippen LogP contribution in [0, 0.1) is 0 Å². The van der Waals surface area contributed by atoms with Crippen molar-refractivity contribution in [3.63, 3.8) is 0 Å². The van der Waals surface area contributed by atoms with E-state index < -0.39 is 6.10 Å². The van der Waals surface area contributed by atoms with Crippen LogP contribution in [-0.2, 0) is 28.6 Å². The van der Waals surface area contributed by atoms with E-state index in [1.165, 1.54) is 44.9 Å². The molecule has 0 aliphatic heterocycles. The predicted molar refractivity (Wildman–Crippen MR) is 297 cm³/mol. The first kappa shape index (κ1) is 64.5. The summed E-state index contributed by atoms with van der Waals surface area (Å²) in [7, 11) is 0. The van der Waals surface area contributed by atoms with Crippen LogP contribution in [0.3, 0.4) is 0 Å². The number of esters is 3. The van der Waals surface area contributed by atoms with Gasteiger partial charge in [0.15, 0.2) is 6.10 Å². The molecule has 0 radical (unpaired) electrons. The number of carbonyl (C=O) groups excluding carboxylic acids is 3. The molecule has 0 amide bonds. The molecule has 6 heteroatoms. The quantitative estimate of drug-likeness (QED) is 0.0262. The molecule has 69 heavy (non-hydrogen) atoms. The average molecular weight is 953 g/mol. The fraction of sp³-hybridized carbons (Fsp3) is 0.603. The highest BCUT2D eigenvalue weighted by Crippen LogP contribution is 2.13. The number of rotatable bonds is 48. The molecule has 388 valence electrons. The molecule has 0 aliphatic carbocycles. The Kier molecular flexibility index (Phi) is 52.5. The summed E-state index contributed by atoms with van der Waals surface area (Å²) in [6.07, 6.45) is 78.7. The van der Waals surface area contributed by atoms with E-state index in [0.29, 0.717) is 12.8 Å². The van der Waals surface area contributed by atoms with E-state index in [2.05, 4.69) is 142 Å². The monoisotopic (exact) mass is 953 g/mol. The van der Waals surface area contributed by atoms with E-state index >= 15 is 0 Å². The third kappa shape index (κ3) is 54.4. The summed E-state index contributed by atoms with van der Waals surface area (Å²) < 4.78 is 16.7. The lowest BCUT2D eigenvalue weighted by Gasteiger charge is -2.18. The van der Waals surface area contributed by atoms with E-state index in [-0.39, 0.29) is 44.0 Å². The Morgan fingerprint density at radius 3 is 1.03 bits per heavy atom. The highest BCUT2D eigenvalue weighted by atomic mass is 16.6. The number of unbranched alkanes of at least 4 members (excludes halogenated alkanes) is 15. The minimum absolute atomic E-state index is 0.119. The molecule has 0 aromatic heterocycles. The average Bonchev–Trinajstić information content (AvgIpc) is 3.35. The molecule has 1 atom stereocenters. The zero-order valence-corrected chi connectivity index (χ0v) is 44.3. The van der Waals surface area contributed by atoms with Gasteiger partial charge in [-0.25, -0.2) is 0 Å². The highest BCUT2D eigenvalue weighted by molar-refractivity contribution is 5.71. The molecule has 6 nitrogen and oxygen atoms in total. The number of ether oxygens (including phenoxy) is 3. The molecule has 0 aromatic rings. The van der Waals surface area contributed by atoms with E-state index in [4.69, 9.17) is 14.2 Å². The van der Waals surface area contributed by atoms with Gasteiger partial charge < -0.3 is 14.2 Å². The number of hydrogen-bond acceptors (Lipinski definition) is 6. The zero-order chi connectivity index (χ0) is 50.0. The van der Waals surface area contributed by atoms with E-state index in [1.54, 1.807) is 0 Å². The Balaban J connectivity index is 4.56. The molecule has 0 saturated carbocycles. The normalized spacial score (nSPS) is 13.1. The second kappa shape index (κ2) is 56.1. The van der Waals surface area contributed by atoms with Gasteiger partial charge in [0.25, 0.3) is 0 Å². The van der Waals surface area contributed by atoms with Gasteiger partial charge in [-0.1, -0.05) is 219 Å². The fourth-order valence-electron chi connectivity index (χ4n) is 6.98. The van der Waals surface area contributed by atoms with Gasteiger partial charge in [0, 0.05) is 19.3 Å². The summed E-state index contributed by atoms with van der Waals surface area (Å²) >= 11 is 0. The summed E-state index contributed by atoms with van der Waals surface area (Å²) in [4.78, 5) is 38.1. The maximum Gasteiger partial charge on any atom is 0.306 e. The van der Waals surface area contributed by atoms with Crippen molar-refractivity contribution in [1.82, 2.24) is 0 Å². The van der Waals surface area contributed by atoms with Crippen LogP contribution in [-0.4, -0.2) is 37.2 Å². The maximum absolute atomic E-state index is 12.8. The molecule has 0 aliphatic rings. The largest absolute Gasteiger partial charge is 0.462 e. The first-order chi connectivity index (χ1) is 34.0. The minimum atomic E-state index is -0.827. The van der Waals surface area contributed by atoms with Crippen LogP contribution in [0.4, 0.5) is 0 Å². The molecule has 0 fully saturated rings. The van der Waals surface area contributed by atoms with Gasteiger partial charge in [-0.15, -0.1) is 0 Å². The summed E-state index contributed by atoms with van der Waals surface area (Å²) in [5, 5.41) is 0. The summed E-state index contributed by atoms with van der Waals surface area (Å²) in [6, 6.07) is 0. The summed E-state index contributed by atoms with van der Waals surface area (Å²) in [5.74, 6) is -1.04. The third-order valence-electron chi connectivity index (χ3n) is 11.1. The molecule has 0 rings (SSSR count). The van der Waals surface area contributed by atoms with Crippen molar-refractivity contribution in [1.29, 1.82) is 0 Å². The lowest BCUT2D eigenvalue weighted by atomic mass is 10.1. The van der Waals surface area contributed by atoms with Gasteiger partial charge in [0.05, 0.1) is 0 Å². The standard InChI is InChI=1S/C63H100O6/c1-4-7-10-13-16-19-22-25-27-29-31-33-35-38-41-44-47-50-53-56-62(65)68-59-60(58-67-61(64)55-52-49-46-43-40-37-24-21-18-15-12-9-6-3)69-63(66)57-54-51-48-45-42-39-36-34-32-30-28-26-23-20-17-14-11-8-5-2/h7,10,12,15-17,19-21,24-28,31-34,38,41,47,50,60H,4-6,8-9,11,13-14,18,22-23,29-30,35-37,39-40,42-46,48-49,51-59H2,1-3H3/b10-7-,15-12-,19-16-,20-17-,24-21-,27-25-,28-26-,33-31-,34-32-,41-38-,50-47-. The summed E-state index contributed by atoms with van der Waals surface area (Å²) in [5.41, 5.74) is 0. The van der Waals surface area contributed by atoms with E-state index in [1.807, 2.05) is 12.2 Å². The molecular weight excluding hydrogens is 853 g/mol. The molecule has 0 bridgehead atoms. The highest BCUT2D eigenvalue weighted by Gasteiger charge is 2.19. The SMILES string of the molecule is CC/C=C\C/C=C\C/C=C\C/C=C\C/C=C\C/C=C\CCC(=O)OCC(COC(=O)CCCCCCC/C=C\C/C=C\CCC)OC(=O)CCCCCCCC/C=C\C/C=C\C/C=C\CCCCC. The Bertz CT molecular complexity index is 1510. The van der Waals surface area contributed by atoms with Crippen molar-refractivity contribution in [2.45, 2.75) is 232 Å². The topological polar surface area (TPSA) is 78.9 Å². The van der Waals surface area contributed by atoms with Gasteiger partial charge in [-0.3, -0.25) is 14.4 Å². The lowest BCUT2D eigenvalue weighted by Crippen LogP contribution is -2.30. The molecule has 1 unspecified atom stereocenters. The second-order valence-corrected chi connectivity index (χ2v) is 17.7. The van der Waals surface area contributed by atoms with Crippen molar-refractivity contribution in [3.05, 3.63) is 134 Å². The number of allylic oxidation sites excluding steroid dienone is 22. The van der Waals surface area contributed by atoms with E-state index in [9.17, 15) is 14.4 Å². The van der Waals surface area contributed by atoms with Crippen LogP contribution in [0.1, 0.15) is 226 Å². The lowest BCUT2D eigenvalue weighted by molar-refractivity contribution is -0.166. The molecule has 0 saturated heterocycles. The maximum atomic E-state index is 12.8. The van der Waals surface area contributed by atoms with Gasteiger partial charge in [0.1, 0.15) is 13.2 Å². The third-order valence-corrected chi connectivity index (χ3v) is 11.1. The van der Waals surface area contributed by atoms with Crippen molar-refractivity contribution >= 4 is 17.9 Å². The number of carbonyl (C=O) groups is 3. The van der Waals surface area contributed by atoms with Gasteiger partial charge in [-0.2, -0.15) is 0 Å². The fourth-order valence-corrected chi connectivity index (χ4v) is 6.98. The first-order valence-electron chi connectivity index (χ1n) is 27.7. The van der Waals surface area contributed by atoms with Crippen molar-refractivity contribution in [2.24, 2.45) is 0 Å². The second-order valence-electron chi connectivity index (χ2n) is 17.7. The van der Waals surface area contributed by atoms with Crippen LogP contribution in [0.25, 0.3) is 0 Å². The van der Waals surface area contributed by atoms with Crippen molar-refractivity contribution in [2.75, 3.05) is 13.2 Å². The van der Waals surface area contributed by atoms with Crippen LogP contribution < -0.4 is 0 Å². The Morgan fingerprint density at radius 1 is 0.304 bits per heavy atom. The Labute approximate surface area is 424 Å². The molecular formula is C63H100O6. The first-order valence-corrected chi connectivity index (χ1v) is 27.7. The van der Waals surface area contributed by atoms with Crippen LogP contribution >= 0.6 is 0 Å².